The number of pyridine rings is 1. The predicted molar refractivity (Wildman–Crippen MR) is 82.9 cm³/mol. The number of hydrogen-bond donors (Lipinski definition) is 1. The molecule has 1 fully saturated rings. The van der Waals surface area contributed by atoms with Crippen LogP contribution in [-0.4, -0.2) is 24.8 Å². The largest absolute Gasteiger partial charge is 0.490 e. The molecule has 0 atom stereocenters. The van der Waals surface area contributed by atoms with E-state index in [1.165, 1.54) is 0 Å². The normalized spacial score (nSPS) is 16.4. The van der Waals surface area contributed by atoms with Crippen molar-refractivity contribution in [1.82, 2.24) is 4.98 Å². The molecule has 3 rings (SSSR count). The summed E-state index contributed by atoms with van der Waals surface area (Å²) in [7, 11) is 0. The van der Waals surface area contributed by atoms with Crippen LogP contribution in [0.4, 0.5) is 5.69 Å². The number of fused-ring (bicyclic) bond motifs is 1. The van der Waals surface area contributed by atoms with E-state index in [1.807, 2.05) is 18.2 Å². The molecule has 0 unspecified atom stereocenters. The van der Waals surface area contributed by atoms with Crippen LogP contribution in [0.1, 0.15) is 12.8 Å². The lowest BCUT2D eigenvalue weighted by Gasteiger charge is -2.22. The Morgan fingerprint density at radius 1 is 1.35 bits per heavy atom. The molecule has 2 N–H and O–H groups in total. The Hall–Kier alpha value is -1.33. The first-order valence-corrected chi connectivity index (χ1v) is 7.57. The summed E-state index contributed by atoms with van der Waals surface area (Å²) in [5.41, 5.74) is 7.50. The van der Waals surface area contributed by atoms with E-state index in [-0.39, 0.29) is 0 Å². The number of aromatic nitrogens is 1. The van der Waals surface area contributed by atoms with Crippen LogP contribution in [-0.2, 0) is 4.74 Å². The zero-order chi connectivity index (χ0) is 13.9. The van der Waals surface area contributed by atoms with Gasteiger partial charge in [0.05, 0.1) is 24.0 Å². The summed E-state index contributed by atoms with van der Waals surface area (Å²) >= 11 is 3.48. The van der Waals surface area contributed by atoms with E-state index in [9.17, 15) is 0 Å². The Morgan fingerprint density at radius 2 is 2.15 bits per heavy atom. The lowest BCUT2D eigenvalue weighted by Crippen LogP contribution is -2.21. The fourth-order valence-corrected chi connectivity index (χ4v) is 2.79. The van der Waals surface area contributed by atoms with Crippen LogP contribution in [0.2, 0.25) is 0 Å². The van der Waals surface area contributed by atoms with Crippen molar-refractivity contribution in [3.63, 3.8) is 0 Å². The molecular formula is C15H17BrN2O2. The van der Waals surface area contributed by atoms with Crippen molar-refractivity contribution in [3.05, 3.63) is 28.9 Å². The van der Waals surface area contributed by atoms with Gasteiger partial charge in [-0.1, -0.05) is 15.9 Å². The second-order valence-corrected chi connectivity index (χ2v) is 5.99. The summed E-state index contributed by atoms with van der Waals surface area (Å²) in [5, 5.41) is 0.950. The zero-order valence-electron chi connectivity index (χ0n) is 11.1. The van der Waals surface area contributed by atoms with E-state index < -0.39 is 0 Å². The summed E-state index contributed by atoms with van der Waals surface area (Å²) in [6.07, 6.45) is 3.76. The fourth-order valence-electron chi connectivity index (χ4n) is 2.43. The number of anilines is 1. The number of rotatable bonds is 3. The van der Waals surface area contributed by atoms with Crippen molar-refractivity contribution in [1.29, 1.82) is 0 Å². The van der Waals surface area contributed by atoms with Crippen molar-refractivity contribution >= 4 is 32.5 Å². The average Bonchev–Trinajstić information content (AvgIpc) is 2.47. The number of hydrogen-bond acceptors (Lipinski definition) is 4. The van der Waals surface area contributed by atoms with Crippen LogP contribution in [0.3, 0.4) is 0 Å². The molecule has 4 nitrogen and oxygen atoms in total. The first-order valence-electron chi connectivity index (χ1n) is 6.78. The van der Waals surface area contributed by atoms with Gasteiger partial charge < -0.3 is 15.2 Å². The number of benzene rings is 1. The highest BCUT2D eigenvalue weighted by molar-refractivity contribution is 9.10. The van der Waals surface area contributed by atoms with Gasteiger partial charge in [-0.2, -0.15) is 0 Å². The van der Waals surface area contributed by atoms with E-state index in [4.69, 9.17) is 15.2 Å². The molecule has 106 valence electrons. The molecule has 0 spiro atoms. The van der Waals surface area contributed by atoms with Gasteiger partial charge >= 0.3 is 0 Å². The molecule has 1 aliphatic heterocycles. The van der Waals surface area contributed by atoms with Crippen LogP contribution in [0.15, 0.2) is 28.9 Å². The highest BCUT2D eigenvalue weighted by Gasteiger charge is 2.16. The molecule has 1 aliphatic rings. The summed E-state index contributed by atoms with van der Waals surface area (Å²) in [4.78, 5) is 4.33. The van der Waals surface area contributed by atoms with Gasteiger partial charge in [-0.3, -0.25) is 4.98 Å². The average molecular weight is 337 g/mol. The highest BCUT2D eigenvalue weighted by Crippen LogP contribution is 2.33. The molecule has 1 aromatic heterocycles. The van der Waals surface area contributed by atoms with Gasteiger partial charge in [-0.15, -0.1) is 0 Å². The van der Waals surface area contributed by atoms with E-state index in [1.54, 1.807) is 6.20 Å². The third-order valence-corrected chi connectivity index (χ3v) is 4.11. The Bertz CT molecular complexity index is 607. The molecule has 20 heavy (non-hydrogen) atoms. The zero-order valence-corrected chi connectivity index (χ0v) is 12.7. The molecule has 0 aliphatic carbocycles. The van der Waals surface area contributed by atoms with Crippen molar-refractivity contribution < 1.29 is 9.47 Å². The number of halogens is 1. The van der Waals surface area contributed by atoms with Crippen molar-refractivity contribution in [2.75, 3.05) is 25.6 Å². The SMILES string of the molecule is Nc1cnc2ccc(Br)cc2c1OCC1CCOCC1. The molecule has 0 saturated carbocycles. The minimum atomic E-state index is 0.540. The van der Waals surface area contributed by atoms with Gasteiger partial charge in [0.2, 0.25) is 0 Å². The van der Waals surface area contributed by atoms with Crippen LogP contribution in [0.5, 0.6) is 5.75 Å². The quantitative estimate of drug-likeness (QED) is 0.933. The molecule has 0 amide bonds. The third-order valence-electron chi connectivity index (χ3n) is 3.61. The molecule has 1 saturated heterocycles. The summed E-state index contributed by atoms with van der Waals surface area (Å²) < 4.78 is 12.4. The van der Waals surface area contributed by atoms with Gasteiger partial charge in [-0.25, -0.2) is 0 Å². The van der Waals surface area contributed by atoms with Crippen molar-refractivity contribution in [3.8, 4) is 5.75 Å². The Labute approximate surface area is 126 Å². The smallest absolute Gasteiger partial charge is 0.153 e. The lowest BCUT2D eigenvalue weighted by molar-refractivity contribution is 0.0501. The van der Waals surface area contributed by atoms with Gasteiger partial charge in [0.15, 0.2) is 5.75 Å². The van der Waals surface area contributed by atoms with E-state index in [0.29, 0.717) is 18.2 Å². The second-order valence-electron chi connectivity index (χ2n) is 5.07. The molecule has 2 heterocycles. The van der Waals surface area contributed by atoms with Crippen molar-refractivity contribution in [2.45, 2.75) is 12.8 Å². The molecule has 0 bridgehead atoms. The maximum atomic E-state index is 6.02. The Morgan fingerprint density at radius 3 is 2.95 bits per heavy atom. The molecule has 5 heteroatoms. The first kappa shape index (κ1) is 13.6. The molecular weight excluding hydrogens is 320 g/mol. The topological polar surface area (TPSA) is 57.4 Å². The van der Waals surface area contributed by atoms with E-state index in [2.05, 4.69) is 20.9 Å². The number of ether oxygens (including phenoxy) is 2. The van der Waals surface area contributed by atoms with Crippen LogP contribution in [0.25, 0.3) is 10.9 Å². The van der Waals surface area contributed by atoms with Gasteiger partial charge in [-0.05, 0) is 37.0 Å². The van der Waals surface area contributed by atoms with E-state index in [0.717, 1.165) is 47.2 Å². The lowest BCUT2D eigenvalue weighted by atomic mass is 10.0. The molecule has 2 aromatic rings. The highest BCUT2D eigenvalue weighted by atomic mass is 79.9. The minimum Gasteiger partial charge on any atom is -0.490 e. The monoisotopic (exact) mass is 336 g/mol. The number of nitrogens with zero attached hydrogens (tertiary/aromatic N) is 1. The molecule has 0 radical (unpaired) electrons. The maximum Gasteiger partial charge on any atom is 0.153 e. The summed E-state index contributed by atoms with van der Waals surface area (Å²) in [6.45, 7) is 2.33. The Balaban J connectivity index is 1.85. The molecule has 1 aromatic carbocycles. The van der Waals surface area contributed by atoms with Crippen LogP contribution >= 0.6 is 15.9 Å². The van der Waals surface area contributed by atoms with Crippen molar-refractivity contribution in [2.24, 2.45) is 5.92 Å². The summed E-state index contributed by atoms with van der Waals surface area (Å²) in [5.74, 6) is 1.28. The standard InChI is InChI=1S/C15H17BrN2O2/c16-11-1-2-14-12(7-11)15(13(17)8-18-14)20-9-10-3-5-19-6-4-10/h1-2,7-8,10H,3-6,9,17H2. The predicted octanol–water partition coefficient (Wildman–Crippen LogP) is 3.38. The minimum absolute atomic E-state index is 0.540. The third kappa shape index (κ3) is 2.88. The van der Waals surface area contributed by atoms with Gasteiger partial charge in [0, 0.05) is 23.1 Å². The van der Waals surface area contributed by atoms with Crippen LogP contribution in [0, 0.1) is 5.92 Å². The van der Waals surface area contributed by atoms with Gasteiger partial charge in [0.1, 0.15) is 0 Å². The second kappa shape index (κ2) is 5.97. The Kier molecular flexibility index (Phi) is 4.08. The summed E-state index contributed by atoms with van der Waals surface area (Å²) in [6, 6.07) is 5.92. The van der Waals surface area contributed by atoms with E-state index >= 15 is 0 Å². The fraction of sp³-hybridized carbons (Fsp3) is 0.400. The van der Waals surface area contributed by atoms with Gasteiger partial charge in [0.25, 0.3) is 0 Å². The number of nitrogens with two attached hydrogens (primary N) is 1. The number of nitrogen functional groups attached to an aromatic ring is 1. The maximum absolute atomic E-state index is 6.02. The first-order chi connectivity index (χ1) is 9.74. The van der Waals surface area contributed by atoms with Crippen LogP contribution < -0.4 is 10.5 Å².